The van der Waals surface area contributed by atoms with Crippen LogP contribution in [-0.4, -0.2) is 34.6 Å². The highest BCUT2D eigenvalue weighted by atomic mass is 16.5. The van der Waals surface area contributed by atoms with Crippen molar-refractivity contribution in [3.63, 3.8) is 0 Å². The molecule has 6 nitrogen and oxygen atoms in total. The second kappa shape index (κ2) is 7.64. The van der Waals surface area contributed by atoms with E-state index in [-0.39, 0.29) is 18.7 Å². The molecule has 29 heavy (non-hydrogen) atoms. The van der Waals surface area contributed by atoms with Gasteiger partial charge in [0.15, 0.2) is 0 Å². The van der Waals surface area contributed by atoms with Crippen LogP contribution < -0.4 is 5.32 Å². The second-order valence-corrected chi connectivity index (χ2v) is 7.37. The Kier molecular flexibility index (Phi) is 4.69. The lowest BCUT2D eigenvalue weighted by Gasteiger charge is -2.22. The van der Waals surface area contributed by atoms with Crippen molar-refractivity contribution < 1.29 is 9.53 Å². The first kappa shape index (κ1) is 17.8. The van der Waals surface area contributed by atoms with Gasteiger partial charge in [-0.2, -0.15) is 5.10 Å². The van der Waals surface area contributed by atoms with E-state index in [1.54, 1.807) is 0 Å². The van der Waals surface area contributed by atoms with E-state index in [2.05, 4.69) is 21.5 Å². The van der Waals surface area contributed by atoms with Crippen LogP contribution in [0.2, 0.25) is 0 Å². The fraction of sp³-hybridized carbons (Fsp3) is 0.261. The van der Waals surface area contributed by atoms with Gasteiger partial charge in [-0.1, -0.05) is 36.4 Å². The molecular weight excluding hydrogens is 364 g/mol. The summed E-state index contributed by atoms with van der Waals surface area (Å²) < 4.78 is 7.75. The van der Waals surface area contributed by atoms with Crippen molar-refractivity contribution in [2.24, 2.45) is 4.99 Å². The van der Waals surface area contributed by atoms with Crippen molar-refractivity contribution in [1.82, 2.24) is 9.78 Å². The molecule has 0 saturated carbocycles. The Morgan fingerprint density at radius 2 is 1.93 bits per heavy atom. The molecule has 0 spiro atoms. The first-order valence-corrected chi connectivity index (χ1v) is 9.98. The monoisotopic (exact) mass is 386 g/mol. The summed E-state index contributed by atoms with van der Waals surface area (Å²) >= 11 is 0. The topological polar surface area (TPSA) is 68.5 Å². The fourth-order valence-corrected chi connectivity index (χ4v) is 3.87. The minimum absolute atomic E-state index is 0.0130. The van der Waals surface area contributed by atoms with Gasteiger partial charge in [0.05, 0.1) is 17.6 Å². The van der Waals surface area contributed by atoms with Crippen LogP contribution in [0.3, 0.4) is 0 Å². The minimum atomic E-state index is -0.104. The molecule has 0 bridgehead atoms. The number of benzene rings is 2. The highest BCUT2D eigenvalue weighted by Crippen LogP contribution is 2.30. The van der Waals surface area contributed by atoms with Crippen molar-refractivity contribution in [3.05, 3.63) is 72.1 Å². The number of benzodiazepines with no additional fused rings is 1. The predicted molar refractivity (Wildman–Crippen MR) is 112 cm³/mol. The zero-order valence-corrected chi connectivity index (χ0v) is 16.0. The number of anilines is 1. The summed E-state index contributed by atoms with van der Waals surface area (Å²) in [6.07, 6.45) is 7.18. The molecular formula is C23H22N4O2. The number of hydrogen-bond acceptors (Lipinski definition) is 4. The van der Waals surface area contributed by atoms with E-state index in [1.807, 2.05) is 59.5 Å². The van der Waals surface area contributed by atoms with Crippen LogP contribution in [0.15, 0.2) is 65.9 Å². The normalized spacial score (nSPS) is 19.1. The Hall–Kier alpha value is -3.25. The number of fused-ring (bicyclic) bond motifs is 1. The number of nitrogens with one attached hydrogen (secondary N) is 1. The van der Waals surface area contributed by atoms with E-state index in [0.29, 0.717) is 0 Å². The number of amides is 1. The van der Waals surface area contributed by atoms with E-state index in [0.717, 1.165) is 59.5 Å². The summed E-state index contributed by atoms with van der Waals surface area (Å²) in [5.74, 6) is -0.104. The zero-order valence-electron chi connectivity index (χ0n) is 16.0. The van der Waals surface area contributed by atoms with Crippen molar-refractivity contribution in [3.8, 4) is 11.1 Å². The second-order valence-electron chi connectivity index (χ2n) is 7.37. The van der Waals surface area contributed by atoms with Gasteiger partial charge in [-0.05, 0) is 37.0 Å². The summed E-state index contributed by atoms with van der Waals surface area (Å²) in [6.45, 7) is 0.903. The Labute approximate surface area is 169 Å². The number of carbonyl (C=O) groups excluding carboxylic acids is 1. The third-order valence-corrected chi connectivity index (χ3v) is 5.36. The number of carbonyl (C=O) groups is 1. The number of hydrogen-bond donors (Lipinski definition) is 1. The number of nitrogens with zero attached hydrogens (tertiary/aromatic N) is 3. The van der Waals surface area contributed by atoms with E-state index in [9.17, 15) is 4.79 Å². The standard InChI is InChI=1S/C23H22N4O2/c28-21-14-24-23(16-6-2-1-3-7-16)19-12-17(9-10-20(19)26-21)18-13-25-27(15-18)22-8-4-5-11-29-22/h1-3,6-7,9-10,12-13,15,22H,4-5,8,11,14H2,(H,26,28). The van der Waals surface area contributed by atoms with Gasteiger partial charge in [0, 0.05) is 29.5 Å². The average Bonchev–Trinajstić information content (AvgIpc) is 3.20. The Morgan fingerprint density at radius 1 is 1.03 bits per heavy atom. The third kappa shape index (κ3) is 3.59. The molecule has 0 radical (unpaired) electrons. The lowest BCUT2D eigenvalue weighted by molar-refractivity contribution is -0.114. The third-order valence-electron chi connectivity index (χ3n) is 5.36. The lowest BCUT2D eigenvalue weighted by atomic mass is 9.97. The molecule has 3 aromatic rings. The molecule has 2 aliphatic heterocycles. The van der Waals surface area contributed by atoms with Gasteiger partial charge < -0.3 is 10.1 Å². The van der Waals surface area contributed by atoms with E-state index in [4.69, 9.17) is 4.74 Å². The quantitative estimate of drug-likeness (QED) is 0.739. The lowest BCUT2D eigenvalue weighted by Crippen LogP contribution is -2.18. The Balaban J connectivity index is 1.53. The molecule has 1 unspecified atom stereocenters. The maximum absolute atomic E-state index is 12.1. The smallest absolute Gasteiger partial charge is 0.246 e. The molecule has 6 heteroatoms. The van der Waals surface area contributed by atoms with Crippen LogP contribution in [0.1, 0.15) is 36.6 Å². The summed E-state index contributed by atoms with van der Waals surface area (Å²) in [5, 5.41) is 7.49. The van der Waals surface area contributed by atoms with E-state index in [1.165, 1.54) is 0 Å². The fourth-order valence-electron chi connectivity index (χ4n) is 3.87. The predicted octanol–water partition coefficient (Wildman–Crippen LogP) is 4.04. The van der Waals surface area contributed by atoms with Crippen LogP contribution in [0.4, 0.5) is 5.69 Å². The van der Waals surface area contributed by atoms with Crippen LogP contribution >= 0.6 is 0 Å². The van der Waals surface area contributed by atoms with Crippen molar-refractivity contribution in [2.45, 2.75) is 25.5 Å². The average molecular weight is 386 g/mol. The van der Waals surface area contributed by atoms with Crippen LogP contribution in [0, 0.1) is 0 Å². The molecule has 1 amide bonds. The molecule has 1 fully saturated rings. The summed E-state index contributed by atoms with van der Waals surface area (Å²) in [6, 6.07) is 16.0. The first-order chi connectivity index (χ1) is 14.3. The van der Waals surface area contributed by atoms with Gasteiger partial charge in [0.2, 0.25) is 5.91 Å². The van der Waals surface area contributed by atoms with E-state index < -0.39 is 0 Å². The van der Waals surface area contributed by atoms with Crippen LogP contribution in [-0.2, 0) is 9.53 Å². The maximum atomic E-state index is 12.1. The number of aromatic nitrogens is 2. The van der Waals surface area contributed by atoms with Crippen molar-refractivity contribution in [2.75, 3.05) is 18.5 Å². The van der Waals surface area contributed by atoms with Crippen LogP contribution in [0.5, 0.6) is 0 Å². The minimum Gasteiger partial charge on any atom is -0.357 e. The Bertz CT molecular complexity index is 1070. The first-order valence-electron chi connectivity index (χ1n) is 9.98. The van der Waals surface area contributed by atoms with Crippen LogP contribution in [0.25, 0.3) is 11.1 Å². The maximum Gasteiger partial charge on any atom is 0.246 e. The van der Waals surface area contributed by atoms with Crippen molar-refractivity contribution in [1.29, 1.82) is 0 Å². The zero-order chi connectivity index (χ0) is 19.6. The summed E-state index contributed by atoms with van der Waals surface area (Å²) in [7, 11) is 0. The summed E-state index contributed by atoms with van der Waals surface area (Å²) in [4.78, 5) is 16.7. The van der Waals surface area contributed by atoms with Gasteiger partial charge in [0.25, 0.3) is 0 Å². The molecule has 3 heterocycles. The highest BCUT2D eigenvalue weighted by molar-refractivity contribution is 6.19. The molecule has 1 aromatic heterocycles. The molecule has 1 atom stereocenters. The number of ether oxygens (including phenoxy) is 1. The molecule has 1 saturated heterocycles. The largest absolute Gasteiger partial charge is 0.357 e. The Morgan fingerprint density at radius 3 is 2.76 bits per heavy atom. The van der Waals surface area contributed by atoms with E-state index >= 15 is 0 Å². The van der Waals surface area contributed by atoms with Gasteiger partial charge in [-0.25, -0.2) is 4.68 Å². The van der Waals surface area contributed by atoms with Gasteiger partial charge in [0.1, 0.15) is 12.8 Å². The molecule has 2 aromatic carbocycles. The summed E-state index contributed by atoms with van der Waals surface area (Å²) in [5.41, 5.74) is 5.57. The molecule has 1 N–H and O–H groups in total. The molecule has 5 rings (SSSR count). The highest BCUT2D eigenvalue weighted by Gasteiger charge is 2.20. The van der Waals surface area contributed by atoms with Gasteiger partial charge in [-0.3, -0.25) is 9.79 Å². The molecule has 0 aliphatic carbocycles. The van der Waals surface area contributed by atoms with Crippen molar-refractivity contribution >= 4 is 17.3 Å². The molecule has 146 valence electrons. The number of rotatable bonds is 3. The SMILES string of the molecule is O=C1CN=C(c2ccccc2)c2cc(-c3cnn(C4CCCCO4)c3)ccc2N1. The number of aliphatic imine (C=N–C) groups is 1. The molecule has 2 aliphatic rings. The van der Waals surface area contributed by atoms with Gasteiger partial charge >= 0.3 is 0 Å². The van der Waals surface area contributed by atoms with Gasteiger partial charge in [-0.15, -0.1) is 0 Å².